The zero-order valence-electron chi connectivity index (χ0n) is 6.26. The van der Waals surface area contributed by atoms with Gasteiger partial charge in [-0.2, -0.15) is 5.26 Å². The Balaban J connectivity index is 3.72. The summed E-state index contributed by atoms with van der Waals surface area (Å²) in [5, 5.41) is 8.15. The standard InChI is InChI=1S/C6H12N2OS/c1-6(2,8)5-10(9)4-3-7/h4-5,8H2,1-2H3. The van der Waals surface area contributed by atoms with Crippen molar-refractivity contribution in [2.45, 2.75) is 19.4 Å². The minimum Gasteiger partial charge on any atom is -0.325 e. The summed E-state index contributed by atoms with van der Waals surface area (Å²) in [6.07, 6.45) is 0. The van der Waals surface area contributed by atoms with Crippen molar-refractivity contribution in [3.63, 3.8) is 0 Å². The molecule has 0 radical (unpaired) electrons. The molecule has 1 atom stereocenters. The summed E-state index contributed by atoms with van der Waals surface area (Å²) in [4.78, 5) is 0. The number of nitrogens with two attached hydrogens (primary N) is 1. The van der Waals surface area contributed by atoms with Crippen molar-refractivity contribution in [3.05, 3.63) is 0 Å². The van der Waals surface area contributed by atoms with Crippen molar-refractivity contribution in [2.24, 2.45) is 5.73 Å². The Morgan fingerprint density at radius 3 is 2.50 bits per heavy atom. The molecule has 3 nitrogen and oxygen atoms in total. The third-order valence-electron chi connectivity index (χ3n) is 0.759. The Morgan fingerprint density at radius 2 is 2.20 bits per heavy atom. The molecule has 1 unspecified atom stereocenters. The maximum atomic E-state index is 10.9. The van der Waals surface area contributed by atoms with Gasteiger partial charge in [0, 0.05) is 22.1 Å². The van der Waals surface area contributed by atoms with E-state index in [0.717, 1.165) is 0 Å². The van der Waals surface area contributed by atoms with Crippen LogP contribution in [0.25, 0.3) is 0 Å². The Morgan fingerprint density at radius 1 is 1.70 bits per heavy atom. The molecule has 0 saturated carbocycles. The largest absolute Gasteiger partial charge is 0.325 e. The van der Waals surface area contributed by atoms with Crippen LogP contribution in [-0.2, 0) is 10.8 Å². The normalized spacial score (nSPS) is 14.2. The fraction of sp³-hybridized carbons (Fsp3) is 0.833. The lowest BCUT2D eigenvalue weighted by molar-refractivity contribution is 0.578. The predicted molar refractivity (Wildman–Crippen MR) is 41.8 cm³/mol. The number of hydrogen-bond donors (Lipinski definition) is 1. The molecule has 0 spiro atoms. The lowest BCUT2D eigenvalue weighted by Gasteiger charge is -2.15. The van der Waals surface area contributed by atoms with Crippen LogP contribution in [0, 0.1) is 11.3 Å². The molecule has 0 fully saturated rings. The maximum Gasteiger partial charge on any atom is 0.111 e. The fourth-order valence-electron chi connectivity index (χ4n) is 0.538. The van der Waals surface area contributed by atoms with E-state index in [1.54, 1.807) is 13.8 Å². The first kappa shape index (κ1) is 9.60. The molecule has 0 heterocycles. The van der Waals surface area contributed by atoms with Crippen LogP contribution < -0.4 is 5.73 Å². The second-order valence-corrected chi connectivity index (χ2v) is 4.33. The van der Waals surface area contributed by atoms with E-state index in [4.69, 9.17) is 11.0 Å². The minimum atomic E-state index is -1.08. The quantitative estimate of drug-likeness (QED) is 0.631. The van der Waals surface area contributed by atoms with E-state index in [0.29, 0.717) is 5.75 Å². The highest BCUT2D eigenvalue weighted by Crippen LogP contribution is 1.98. The molecule has 0 aromatic carbocycles. The summed E-state index contributed by atoms with van der Waals surface area (Å²) in [7, 11) is -1.08. The zero-order chi connectivity index (χ0) is 8.20. The molecule has 0 aromatic heterocycles. The van der Waals surface area contributed by atoms with Crippen molar-refractivity contribution >= 4 is 10.8 Å². The molecular weight excluding hydrogens is 148 g/mol. The molecule has 0 aliphatic carbocycles. The SMILES string of the molecule is CC(C)(N)CS(=O)CC#N. The van der Waals surface area contributed by atoms with E-state index in [1.165, 1.54) is 0 Å². The maximum absolute atomic E-state index is 10.9. The molecule has 0 bridgehead atoms. The van der Waals surface area contributed by atoms with Gasteiger partial charge in [-0.05, 0) is 13.8 Å². The van der Waals surface area contributed by atoms with Gasteiger partial charge in [-0.3, -0.25) is 4.21 Å². The molecule has 4 heteroatoms. The van der Waals surface area contributed by atoms with Crippen LogP contribution in [0.2, 0.25) is 0 Å². The summed E-state index contributed by atoms with van der Waals surface area (Å²) in [5.41, 5.74) is 5.14. The molecular formula is C6H12N2OS. The van der Waals surface area contributed by atoms with Crippen molar-refractivity contribution in [2.75, 3.05) is 11.5 Å². The fourth-order valence-corrected chi connectivity index (χ4v) is 1.61. The summed E-state index contributed by atoms with van der Waals surface area (Å²) in [5.74, 6) is 0.473. The van der Waals surface area contributed by atoms with E-state index < -0.39 is 16.3 Å². The zero-order valence-corrected chi connectivity index (χ0v) is 7.07. The smallest absolute Gasteiger partial charge is 0.111 e. The van der Waals surface area contributed by atoms with E-state index in [1.807, 2.05) is 6.07 Å². The first-order chi connectivity index (χ1) is 4.45. The van der Waals surface area contributed by atoms with E-state index in [2.05, 4.69) is 0 Å². The van der Waals surface area contributed by atoms with Gasteiger partial charge >= 0.3 is 0 Å². The van der Waals surface area contributed by atoms with Gasteiger partial charge in [0.25, 0.3) is 0 Å². The first-order valence-electron chi connectivity index (χ1n) is 2.96. The lowest BCUT2D eigenvalue weighted by Crippen LogP contribution is -2.38. The highest BCUT2D eigenvalue weighted by Gasteiger charge is 2.14. The number of nitriles is 1. The van der Waals surface area contributed by atoms with Gasteiger partial charge in [-0.25, -0.2) is 0 Å². The van der Waals surface area contributed by atoms with Gasteiger partial charge in [0.05, 0.1) is 6.07 Å². The Hall–Kier alpha value is -0.400. The molecule has 0 amide bonds. The third kappa shape index (κ3) is 5.73. The third-order valence-corrected chi connectivity index (χ3v) is 2.28. The average molecular weight is 160 g/mol. The molecule has 10 heavy (non-hydrogen) atoms. The van der Waals surface area contributed by atoms with Crippen molar-refractivity contribution < 1.29 is 4.21 Å². The molecule has 0 aromatic rings. The van der Waals surface area contributed by atoms with Gasteiger partial charge in [-0.15, -0.1) is 0 Å². The molecule has 0 aliphatic rings. The summed E-state index contributed by atoms with van der Waals surface area (Å²) < 4.78 is 10.9. The molecule has 0 saturated heterocycles. The number of nitrogens with zero attached hydrogens (tertiary/aromatic N) is 1. The Kier molecular flexibility index (Phi) is 3.54. The van der Waals surface area contributed by atoms with Crippen LogP contribution >= 0.6 is 0 Å². The molecule has 0 rings (SSSR count). The monoisotopic (exact) mass is 160 g/mol. The lowest BCUT2D eigenvalue weighted by atomic mass is 10.1. The van der Waals surface area contributed by atoms with Crippen LogP contribution in [0.4, 0.5) is 0 Å². The van der Waals surface area contributed by atoms with E-state index in [-0.39, 0.29) is 5.75 Å². The summed E-state index contributed by atoms with van der Waals surface area (Å²) >= 11 is 0. The van der Waals surface area contributed by atoms with Crippen LogP contribution in [0.15, 0.2) is 0 Å². The van der Waals surface area contributed by atoms with Crippen molar-refractivity contribution in [3.8, 4) is 6.07 Å². The minimum absolute atomic E-state index is 0.0840. The van der Waals surface area contributed by atoms with Gasteiger partial charge in [0.1, 0.15) is 5.75 Å². The topological polar surface area (TPSA) is 66.9 Å². The van der Waals surface area contributed by atoms with Crippen LogP contribution in [0.1, 0.15) is 13.8 Å². The van der Waals surface area contributed by atoms with Crippen LogP contribution in [-0.4, -0.2) is 21.3 Å². The van der Waals surface area contributed by atoms with Crippen LogP contribution in [0.5, 0.6) is 0 Å². The second kappa shape index (κ2) is 3.69. The predicted octanol–water partition coefficient (Wildman–Crippen LogP) is -0.00402. The van der Waals surface area contributed by atoms with E-state index >= 15 is 0 Å². The van der Waals surface area contributed by atoms with Gasteiger partial charge in [-0.1, -0.05) is 0 Å². The molecule has 2 N–H and O–H groups in total. The number of rotatable bonds is 3. The van der Waals surface area contributed by atoms with Crippen molar-refractivity contribution in [1.29, 1.82) is 5.26 Å². The second-order valence-electron chi connectivity index (χ2n) is 2.88. The van der Waals surface area contributed by atoms with Gasteiger partial charge < -0.3 is 5.73 Å². The summed E-state index contributed by atoms with van der Waals surface area (Å²) in [6.45, 7) is 3.59. The molecule has 58 valence electrons. The highest BCUT2D eigenvalue weighted by atomic mass is 32.2. The number of hydrogen-bond acceptors (Lipinski definition) is 3. The summed E-state index contributed by atoms with van der Waals surface area (Å²) in [6, 6.07) is 1.83. The van der Waals surface area contributed by atoms with E-state index in [9.17, 15) is 4.21 Å². The Labute approximate surface area is 63.7 Å². The van der Waals surface area contributed by atoms with Crippen LogP contribution in [0.3, 0.4) is 0 Å². The average Bonchev–Trinajstić information content (AvgIpc) is 1.59. The first-order valence-corrected chi connectivity index (χ1v) is 4.45. The molecule has 0 aliphatic heterocycles. The highest BCUT2D eigenvalue weighted by molar-refractivity contribution is 7.85. The van der Waals surface area contributed by atoms with Gasteiger partial charge in [0.2, 0.25) is 0 Å². The van der Waals surface area contributed by atoms with Crippen molar-refractivity contribution in [1.82, 2.24) is 0 Å². The van der Waals surface area contributed by atoms with Gasteiger partial charge in [0.15, 0.2) is 0 Å². The Bertz CT molecular complexity index is 166.